The fourth-order valence-electron chi connectivity index (χ4n) is 2.37. The van der Waals surface area contributed by atoms with Gasteiger partial charge in [-0.05, 0) is 18.4 Å². The number of nitrogens with zero attached hydrogens (tertiary/aromatic N) is 5. The van der Waals surface area contributed by atoms with Gasteiger partial charge in [0, 0.05) is 6.04 Å². The number of halogens is 3. The lowest BCUT2D eigenvalue weighted by molar-refractivity contribution is -0.144. The maximum Gasteiger partial charge on any atom is 0.451 e. The molecular formula is C15H13F3N6. The van der Waals surface area contributed by atoms with Crippen molar-refractivity contribution in [3.05, 3.63) is 41.7 Å². The summed E-state index contributed by atoms with van der Waals surface area (Å²) in [6.07, 6.45) is -2.81. The van der Waals surface area contributed by atoms with Gasteiger partial charge in [-0.1, -0.05) is 35.5 Å². The number of aromatic nitrogens is 5. The lowest BCUT2D eigenvalue weighted by Gasteiger charge is -2.09. The van der Waals surface area contributed by atoms with Crippen LogP contribution >= 0.6 is 0 Å². The molecule has 0 saturated heterocycles. The molecule has 0 spiro atoms. The van der Waals surface area contributed by atoms with Crippen molar-refractivity contribution >= 4 is 17.0 Å². The van der Waals surface area contributed by atoms with E-state index in [2.05, 4.69) is 25.6 Å². The molecule has 124 valence electrons. The van der Waals surface area contributed by atoms with Crippen LogP contribution in [0.5, 0.6) is 0 Å². The van der Waals surface area contributed by atoms with E-state index in [0.29, 0.717) is 0 Å². The highest BCUT2D eigenvalue weighted by atomic mass is 19.4. The van der Waals surface area contributed by atoms with E-state index in [1.54, 1.807) is 0 Å². The third kappa shape index (κ3) is 2.89. The molecule has 0 unspecified atom stereocenters. The van der Waals surface area contributed by atoms with Gasteiger partial charge in [0.2, 0.25) is 5.82 Å². The van der Waals surface area contributed by atoms with Crippen LogP contribution in [0.1, 0.15) is 24.2 Å². The van der Waals surface area contributed by atoms with Crippen LogP contribution in [0.3, 0.4) is 0 Å². The molecule has 1 aromatic carbocycles. The van der Waals surface area contributed by atoms with E-state index in [-0.39, 0.29) is 29.6 Å². The van der Waals surface area contributed by atoms with Crippen molar-refractivity contribution in [2.75, 3.05) is 5.32 Å². The fraction of sp³-hybridized carbons (Fsp3) is 0.333. The molecule has 1 aliphatic carbocycles. The summed E-state index contributed by atoms with van der Waals surface area (Å²) >= 11 is 0. The molecule has 0 aliphatic heterocycles. The first-order chi connectivity index (χ1) is 11.5. The van der Waals surface area contributed by atoms with Crippen molar-refractivity contribution in [3.63, 3.8) is 0 Å². The van der Waals surface area contributed by atoms with Crippen molar-refractivity contribution < 1.29 is 13.2 Å². The van der Waals surface area contributed by atoms with Crippen LogP contribution in [0.25, 0.3) is 11.2 Å². The third-order valence-electron chi connectivity index (χ3n) is 3.71. The Kier molecular flexibility index (Phi) is 3.36. The van der Waals surface area contributed by atoms with Gasteiger partial charge in [0.15, 0.2) is 17.0 Å². The SMILES string of the molecule is FC(F)(F)c1nc(NC2CC2)c2nnn(Cc3ccccc3)c2n1. The van der Waals surface area contributed by atoms with E-state index in [1.807, 2.05) is 30.3 Å². The minimum atomic E-state index is -4.63. The third-order valence-corrected chi connectivity index (χ3v) is 3.71. The fourth-order valence-corrected chi connectivity index (χ4v) is 2.37. The summed E-state index contributed by atoms with van der Waals surface area (Å²) in [5.41, 5.74) is 1.23. The van der Waals surface area contributed by atoms with Crippen LogP contribution in [0.4, 0.5) is 19.0 Å². The van der Waals surface area contributed by atoms with Gasteiger partial charge in [0.05, 0.1) is 6.54 Å². The van der Waals surface area contributed by atoms with Gasteiger partial charge in [-0.25, -0.2) is 14.6 Å². The molecule has 9 heteroatoms. The zero-order valence-electron chi connectivity index (χ0n) is 12.5. The smallest absolute Gasteiger partial charge is 0.365 e. The van der Waals surface area contributed by atoms with Gasteiger partial charge in [-0.15, -0.1) is 5.10 Å². The number of benzene rings is 1. The van der Waals surface area contributed by atoms with Gasteiger partial charge in [-0.2, -0.15) is 13.2 Å². The molecule has 24 heavy (non-hydrogen) atoms. The number of anilines is 1. The van der Waals surface area contributed by atoms with Crippen molar-refractivity contribution in [2.45, 2.75) is 31.6 Å². The predicted molar refractivity (Wildman–Crippen MR) is 80.3 cm³/mol. The molecule has 1 N–H and O–H groups in total. The van der Waals surface area contributed by atoms with Crippen molar-refractivity contribution in [1.29, 1.82) is 0 Å². The quantitative estimate of drug-likeness (QED) is 0.794. The minimum Gasteiger partial charge on any atom is -0.365 e. The second kappa shape index (κ2) is 5.43. The van der Waals surface area contributed by atoms with E-state index in [9.17, 15) is 13.2 Å². The Balaban J connectivity index is 1.80. The summed E-state index contributed by atoms with van der Waals surface area (Å²) in [6, 6.07) is 9.44. The summed E-state index contributed by atoms with van der Waals surface area (Å²) in [5.74, 6) is -1.09. The molecule has 0 radical (unpaired) electrons. The molecule has 1 saturated carbocycles. The number of hydrogen-bond donors (Lipinski definition) is 1. The van der Waals surface area contributed by atoms with E-state index in [1.165, 1.54) is 4.68 Å². The minimum absolute atomic E-state index is 0.0735. The lowest BCUT2D eigenvalue weighted by atomic mass is 10.2. The van der Waals surface area contributed by atoms with Gasteiger partial charge < -0.3 is 5.32 Å². The Labute approximate surface area is 134 Å². The lowest BCUT2D eigenvalue weighted by Crippen LogP contribution is -2.15. The van der Waals surface area contributed by atoms with Crippen molar-refractivity contribution in [3.8, 4) is 0 Å². The Morgan fingerprint density at radius 2 is 1.88 bits per heavy atom. The molecule has 0 bridgehead atoms. The molecule has 4 rings (SSSR count). The molecule has 1 fully saturated rings. The molecular weight excluding hydrogens is 321 g/mol. The Morgan fingerprint density at radius 3 is 2.54 bits per heavy atom. The monoisotopic (exact) mass is 334 g/mol. The first-order valence-corrected chi connectivity index (χ1v) is 7.49. The molecule has 2 aromatic heterocycles. The topological polar surface area (TPSA) is 68.5 Å². The van der Waals surface area contributed by atoms with Crippen LogP contribution in [0, 0.1) is 0 Å². The number of nitrogens with one attached hydrogen (secondary N) is 1. The maximum atomic E-state index is 13.1. The first kappa shape index (κ1) is 14.9. The van der Waals surface area contributed by atoms with Crippen molar-refractivity contribution in [1.82, 2.24) is 25.0 Å². The Hall–Kier alpha value is -2.71. The van der Waals surface area contributed by atoms with Gasteiger partial charge >= 0.3 is 6.18 Å². The summed E-state index contributed by atoms with van der Waals surface area (Å²) in [4.78, 5) is 7.26. The summed E-state index contributed by atoms with van der Waals surface area (Å²) in [5, 5.41) is 10.9. The molecule has 1 aliphatic rings. The number of fused-ring (bicyclic) bond motifs is 1. The number of hydrogen-bond acceptors (Lipinski definition) is 5. The number of alkyl halides is 3. The molecule has 0 amide bonds. The molecule has 2 heterocycles. The zero-order chi connectivity index (χ0) is 16.7. The van der Waals surface area contributed by atoms with Crippen LogP contribution < -0.4 is 5.32 Å². The van der Waals surface area contributed by atoms with E-state index in [0.717, 1.165) is 18.4 Å². The predicted octanol–water partition coefficient (Wildman–Crippen LogP) is 2.86. The summed E-state index contributed by atoms with van der Waals surface area (Å²) < 4.78 is 40.7. The van der Waals surface area contributed by atoms with E-state index in [4.69, 9.17) is 0 Å². The van der Waals surface area contributed by atoms with E-state index < -0.39 is 12.0 Å². The standard InChI is InChI=1S/C15H13F3N6/c16-15(17,18)14-20-12(19-10-6-7-10)11-13(21-14)24(23-22-11)8-9-4-2-1-3-5-9/h1-5,10H,6-8H2,(H,19,20,21). The molecule has 3 aromatic rings. The Morgan fingerprint density at radius 1 is 1.12 bits per heavy atom. The maximum absolute atomic E-state index is 13.1. The average Bonchev–Trinajstić information content (AvgIpc) is 3.27. The normalized spacial score (nSPS) is 15.0. The van der Waals surface area contributed by atoms with Crippen LogP contribution in [0.15, 0.2) is 30.3 Å². The van der Waals surface area contributed by atoms with Gasteiger partial charge in [0.25, 0.3) is 0 Å². The van der Waals surface area contributed by atoms with Gasteiger partial charge in [0.1, 0.15) is 0 Å². The Bertz CT molecular complexity index is 870. The van der Waals surface area contributed by atoms with Crippen LogP contribution in [0.2, 0.25) is 0 Å². The van der Waals surface area contributed by atoms with Crippen molar-refractivity contribution in [2.24, 2.45) is 0 Å². The van der Waals surface area contributed by atoms with Crippen LogP contribution in [-0.4, -0.2) is 31.0 Å². The average molecular weight is 334 g/mol. The van der Waals surface area contributed by atoms with E-state index >= 15 is 0 Å². The van der Waals surface area contributed by atoms with Gasteiger partial charge in [-0.3, -0.25) is 0 Å². The second-order valence-corrected chi connectivity index (χ2v) is 5.72. The highest BCUT2D eigenvalue weighted by molar-refractivity contribution is 5.82. The summed E-state index contributed by atoms with van der Waals surface area (Å²) in [7, 11) is 0. The largest absolute Gasteiger partial charge is 0.451 e. The molecule has 0 atom stereocenters. The first-order valence-electron chi connectivity index (χ1n) is 7.49. The highest BCUT2D eigenvalue weighted by Crippen LogP contribution is 2.32. The summed E-state index contributed by atoms with van der Waals surface area (Å²) in [6.45, 7) is 0.286. The number of rotatable bonds is 4. The molecule has 6 nitrogen and oxygen atoms in total. The van der Waals surface area contributed by atoms with Crippen LogP contribution in [-0.2, 0) is 12.7 Å². The zero-order valence-corrected chi connectivity index (χ0v) is 12.5. The highest BCUT2D eigenvalue weighted by Gasteiger charge is 2.37. The second-order valence-electron chi connectivity index (χ2n) is 5.72.